The minimum atomic E-state index is -0.167. The summed E-state index contributed by atoms with van der Waals surface area (Å²) in [6.45, 7) is 1.99. The summed E-state index contributed by atoms with van der Waals surface area (Å²) < 4.78 is 10.5. The second-order valence-corrected chi connectivity index (χ2v) is 5.97. The largest absolute Gasteiger partial charge is 0.492 e. The average molecular weight is 289 g/mol. The van der Waals surface area contributed by atoms with Gasteiger partial charge in [0.05, 0.1) is 13.2 Å². The summed E-state index contributed by atoms with van der Waals surface area (Å²) in [5.74, 6) is 0.748. The lowest BCUT2D eigenvalue weighted by atomic mass is 9.93. The van der Waals surface area contributed by atoms with E-state index < -0.39 is 0 Å². The van der Waals surface area contributed by atoms with Crippen molar-refractivity contribution in [3.8, 4) is 5.75 Å². The molecule has 21 heavy (non-hydrogen) atoms. The molecule has 1 aromatic carbocycles. The van der Waals surface area contributed by atoms with Gasteiger partial charge in [-0.25, -0.2) is 0 Å². The molecule has 1 aliphatic heterocycles. The molecule has 4 nitrogen and oxygen atoms in total. The van der Waals surface area contributed by atoms with Crippen LogP contribution < -0.4 is 4.74 Å². The van der Waals surface area contributed by atoms with Crippen molar-refractivity contribution in [2.45, 2.75) is 44.2 Å². The third-order valence-corrected chi connectivity index (χ3v) is 4.51. The standard InChI is InChI=1S/C17H23NO3/c1-20-17(19)10-7-13-5-8-16(9-6-13)21-12-15-11-18(15)14-3-2-4-14/h5-6,8-9,14-15H,2-4,7,10-12H2,1H3. The van der Waals surface area contributed by atoms with Crippen LogP contribution in [0.5, 0.6) is 5.75 Å². The molecule has 0 N–H and O–H groups in total. The molecule has 3 rings (SSSR count). The molecule has 1 heterocycles. The number of rotatable bonds is 7. The van der Waals surface area contributed by atoms with Gasteiger partial charge in [-0.1, -0.05) is 18.6 Å². The lowest BCUT2D eigenvalue weighted by Gasteiger charge is -2.27. The summed E-state index contributed by atoms with van der Waals surface area (Å²) in [6, 6.07) is 9.48. The molecule has 1 saturated carbocycles. The van der Waals surface area contributed by atoms with E-state index in [1.807, 2.05) is 24.3 Å². The van der Waals surface area contributed by atoms with Crippen LogP contribution in [0.25, 0.3) is 0 Å². The van der Waals surface area contributed by atoms with Crippen LogP contribution in [-0.2, 0) is 16.0 Å². The fourth-order valence-corrected chi connectivity index (χ4v) is 2.80. The Kier molecular flexibility index (Phi) is 4.44. The van der Waals surface area contributed by atoms with Gasteiger partial charge in [-0.3, -0.25) is 9.69 Å². The number of hydrogen-bond donors (Lipinski definition) is 0. The van der Waals surface area contributed by atoms with E-state index in [9.17, 15) is 4.79 Å². The van der Waals surface area contributed by atoms with Gasteiger partial charge >= 0.3 is 5.97 Å². The Morgan fingerprint density at radius 2 is 2.05 bits per heavy atom. The van der Waals surface area contributed by atoms with Crippen LogP contribution in [0.3, 0.4) is 0 Å². The molecule has 2 atom stereocenters. The molecule has 1 aromatic rings. The fraction of sp³-hybridized carbons (Fsp3) is 0.588. The Morgan fingerprint density at radius 3 is 2.67 bits per heavy atom. The number of benzene rings is 1. The van der Waals surface area contributed by atoms with Crippen molar-refractivity contribution >= 4 is 5.97 Å². The van der Waals surface area contributed by atoms with Crippen LogP contribution in [0.15, 0.2) is 24.3 Å². The van der Waals surface area contributed by atoms with Crippen molar-refractivity contribution in [2.24, 2.45) is 0 Å². The summed E-state index contributed by atoms with van der Waals surface area (Å²) in [5, 5.41) is 0. The normalized spacial score (nSPS) is 24.2. The first kappa shape index (κ1) is 14.4. The van der Waals surface area contributed by atoms with E-state index in [0.717, 1.165) is 24.0 Å². The van der Waals surface area contributed by atoms with Crippen LogP contribution >= 0.6 is 0 Å². The van der Waals surface area contributed by atoms with E-state index in [0.29, 0.717) is 18.9 Å². The monoisotopic (exact) mass is 289 g/mol. The van der Waals surface area contributed by atoms with E-state index in [1.165, 1.54) is 32.9 Å². The number of carbonyl (C=O) groups excluding carboxylic acids is 1. The van der Waals surface area contributed by atoms with Gasteiger partial charge in [-0.15, -0.1) is 0 Å². The Balaban J connectivity index is 1.39. The quantitative estimate of drug-likeness (QED) is 0.571. The zero-order valence-corrected chi connectivity index (χ0v) is 12.6. The molecule has 0 bridgehead atoms. The van der Waals surface area contributed by atoms with Gasteiger partial charge in [0.1, 0.15) is 12.4 Å². The zero-order valence-electron chi connectivity index (χ0n) is 12.6. The summed E-state index contributed by atoms with van der Waals surface area (Å²) in [5.41, 5.74) is 1.13. The molecular formula is C17H23NO3. The number of methoxy groups -OCH3 is 1. The topological polar surface area (TPSA) is 38.5 Å². The van der Waals surface area contributed by atoms with Crippen molar-refractivity contribution < 1.29 is 14.3 Å². The molecule has 0 aromatic heterocycles. The molecule has 1 aliphatic carbocycles. The molecular weight excluding hydrogens is 266 g/mol. The first-order valence-electron chi connectivity index (χ1n) is 7.80. The number of aryl methyl sites for hydroxylation is 1. The third-order valence-electron chi connectivity index (χ3n) is 4.51. The minimum absolute atomic E-state index is 0.167. The fourth-order valence-electron chi connectivity index (χ4n) is 2.80. The highest BCUT2D eigenvalue weighted by Crippen LogP contribution is 2.33. The predicted octanol–water partition coefficient (Wildman–Crippen LogP) is 2.41. The number of nitrogens with zero attached hydrogens (tertiary/aromatic N) is 1. The SMILES string of the molecule is COC(=O)CCc1ccc(OCC2CN2C2CCC2)cc1. The average Bonchev–Trinajstić information content (AvgIpc) is 3.21. The summed E-state index contributed by atoms with van der Waals surface area (Å²) >= 11 is 0. The van der Waals surface area contributed by atoms with Crippen LogP contribution in [0.4, 0.5) is 0 Å². The van der Waals surface area contributed by atoms with Crippen LogP contribution in [0, 0.1) is 0 Å². The molecule has 0 spiro atoms. The highest BCUT2D eigenvalue weighted by Gasteiger charge is 2.42. The van der Waals surface area contributed by atoms with E-state index in [1.54, 1.807) is 0 Å². The maximum Gasteiger partial charge on any atom is 0.305 e. The van der Waals surface area contributed by atoms with Gasteiger partial charge in [0, 0.05) is 19.0 Å². The highest BCUT2D eigenvalue weighted by molar-refractivity contribution is 5.69. The zero-order chi connectivity index (χ0) is 14.7. The number of esters is 1. The lowest BCUT2D eigenvalue weighted by Crippen LogP contribution is -2.29. The van der Waals surface area contributed by atoms with Crippen molar-refractivity contribution in [1.82, 2.24) is 4.90 Å². The Labute approximate surface area is 126 Å². The van der Waals surface area contributed by atoms with E-state index >= 15 is 0 Å². The molecule has 1 saturated heterocycles. The van der Waals surface area contributed by atoms with Crippen molar-refractivity contribution in [3.63, 3.8) is 0 Å². The van der Waals surface area contributed by atoms with Gasteiger partial charge in [-0.2, -0.15) is 0 Å². The number of hydrogen-bond acceptors (Lipinski definition) is 4. The van der Waals surface area contributed by atoms with Gasteiger partial charge in [-0.05, 0) is 37.0 Å². The molecule has 4 heteroatoms. The van der Waals surface area contributed by atoms with Crippen molar-refractivity contribution in [1.29, 1.82) is 0 Å². The Morgan fingerprint density at radius 1 is 1.29 bits per heavy atom. The Bertz CT molecular complexity index is 481. The summed E-state index contributed by atoms with van der Waals surface area (Å²) in [7, 11) is 1.42. The Hall–Kier alpha value is -1.55. The lowest BCUT2D eigenvalue weighted by molar-refractivity contribution is -0.140. The van der Waals surface area contributed by atoms with Gasteiger partial charge in [0.15, 0.2) is 0 Å². The van der Waals surface area contributed by atoms with E-state index in [-0.39, 0.29) is 5.97 Å². The second-order valence-electron chi connectivity index (χ2n) is 5.97. The summed E-state index contributed by atoms with van der Waals surface area (Å²) in [4.78, 5) is 13.6. The van der Waals surface area contributed by atoms with Crippen LogP contribution in [0.2, 0.25) is 0 Å². The third kappa shape index (κ3) is 3.76. The minimum Gasteiger partial charge on any atom is -0.492 e. The maximum atomic E-state index is 11.1. The molecule has 2 aliphatic rings. The maximum absolute atomic E-state index is 11.1. The number of ether oxygens (including phenoxy) is 2. The smallest absolute Gasteiger partial charge is 0.305 e. The first-order valence-corrected chi connectivity index (χ1v) is 7.80. The summed E-state index contributed by atoms with van der Waals surface area (Å²) in [6.07, 6.45) is 5.26. The van der Waals surface area contributed by atoms with Crippen LogP contribution in [-0.4, -0.2) is 43.2 Å². The van der Waals surface area contributed by atoms with Gasteiger partial charge in [0.2, 0.25) is 0 Å². The molecule has 114 valence electrons. The van der Waals surface area contributed by atoms with E-state index in [4.69, 9.17) is 4.74 Å². The predicted molar refractivity (Wildman–Crippen MR) is 80.4 cm³/mol. The van der Waals surface area contributed by atoms with Gasteiger partial charge in [0.25, 0.3) is 0 Å². The van der Waals surface area contributed by atoms with Crippen LogP contribution in [0.1, 0.15) is 31.2 Å². The molecule has 0 radical (unpaired) electrons. The molecule has 2 unspecified atom stereocenters. The second kappa shape index (κ2) is 6.48. The van der Waals surface area contributed by atoms with Gasteiger partial charge < -0.3 is 9.47 Å². The van der Waals surface area contributed by atoms with E-state index in [2.05, 4.69) is 9.64 Å². The molecule has 2 fully saturated rings. The highest BCUT2D eigenvalue weighted by atomic mass is 16.5. The molecule has 0 amide bonds. The van der Waals surface area contributed by atoms with Crippen molar-refractivity contribution in [2.75, 3.05) is 20.3 Å². The number of carbonyl (C=O) groups is 1. The van der Waals surface area contributed by atoms with Crippen molar-refractivity contribution in [3.05, 3.63) is 29.8 Å². The first-order chi connectivity index (χ1) is 10.3.